The van der Waals surface area contributed by atoms with Crippen LogP contribution in [-0.4, -0.2) is 15.0 Å². The van der Waals surface area contributed by atoms with Gasteiger partial charge in [0.05, 0.1) is 12.2 Å². The number of nitrogens with one attached hydrogen (secondary N) is 2. The van der Waals surface area contributed by atoms with E-state index < -0.39 is 0 Å². The number of aryl methyl sites for hydroxylation is 1. The van der Waals surface area contributed by atoms with Gasteiger partial charge < -0.3 is 5.32 Å². The highest BCUT2D eigenvalue weighted by Gasteiger charge is 2.01. The van der Waals surface area contributed by atoms with E-state index in [1.54, 1.807) is 6.20 Å². The highest BCUT2D eigenvalue weighted by Crippen LogP contribution is 2.02. The summed E-state index contributed by atoms with van der Waals surface area (Å²) in [4.78, 5) is 22.7. The Hall–Kier alpha value is -2.17. The van der Waals surface area contributed by atoms with Gasteiger partial charge in [0.1, 0.15) is 0 Å². The highest BCUT2D eigenvalue weighted by atomic mass is 16.1. The molecule has 0 bridgehead atoms. The van der Waals surface area contributed by atoms with Gasteiger partial charge in [-0.25, -0.2) is 4.98 Å². The Bertz CT molecular complexity index is 550. The third-order valence-electron chi connectivity index (χ3n) is 2.46. The van der Waals surface area contributed by atoms with Gasteiger partial charge in [0.15, 0.2) is 0 Å². The largest absolute Gasteiger partial charge is 0.350 e. The van der Waals surface area contributed by atoms with Crippen LogP contribution in [0.25, 0.3) is 0 Å². The summed E-state index contributed by atoms with van der Waals surface area (Å²) in [6.07, 6.45) is 3.51. The second-order valence-corrected chi connectivity index (χ2v) is 4.01. The minimum Gasteiger partial charge on any atom is -0.350 e. The van der Waals surface area contributed by atoms with Crippen LogP contribution in [0.5, 0.6) is 0 Å². The topological polar surface area (TPSA) is 70.7 Å². The van der Waals surface area contributed by atoms with Crippen molar-refractivity contribution in [1.29, 1.82) is 0 Å². The first-order valence-corrected chi connectivity index (χ1v) is 6.02. The molecule has 18 heavy (non-hydrogen) atoms. The molecule has 2 heterocycles. The number of hydrogen-bond donors (Lipinski definition) is 2. The van der Waals surface area contributed by atoms with Gasteiger partial charge in [-0.1, -0.05) is 19.4 Å². The number of hydrogen-bond acceptors (Lipinski definition) is 4. The van der Waals surface area contributed by atoms with Crippen LogP contribution in [0.4, 0.5) is 5.95 Å². The molecule has 0 saturated carbocycles. The zero-order valence-electron chi connectivity index (χ0n) is 10.3. The van der Waals surface area contributed by atoms with Crippen molar-refractivity contribution in [1.82, 2.24) is 15.0 Å². The fourth-order valence-electron chi connectivity index (χ4n) is 1.65. The number of H-pyrrole nitrogens is 1. The Kier molecular flexibility index (Phi) is 4.06. The maximum Gasteiger partial charge on any atom is 0.252 e. The van der Waals surface area contributed by atoms with E-state index in [4.69, 9.17) is 0 Å². The molecule has 94 valence electrons. The van der Waals surface area contributed by atoms with E-state index in [1.807, 2.05) is 18.2 Å². The van der Waals surface area contributed by atoms with Gasteiger partial charge >= 0.3 is 0 Å². The maximum atomic E-state index is 11.4. The summed E-state index contributed by atoms with van der Waals surface area (Å²) >= 11 is 0. The smallest absolute Gasteiger partial charge is 0.252 e. The van der Waals surface area contributed by atoms with E-state index in [0.717, 1.165) is 24.2 Å². The lowest BCUT2D eigenvalue weighted by Gasteiger charge is -2.06. The second-order valence-electron chi connectivity index (χ2n) is 4.01. The van der Waals surface area contributed by atoms with E-state index in [-0.39, 0.29) is 5.56 Å². The minimum atomic E-state index is -0.128. The molecule has 0 saturated heterocycles. The summed E-state index contributed by atoms with van der Waals surface area (Å²) in [5.74, 6) is 0.497. The van der Waals surface area contributed by atoms with E-state index in [9.17, 15) is 4.79 Å². The van der Waals surface area contributed by atoms with Crippen LogP contribution in [0.3, 0.4) is 0 Å². The molecule has 0 aromatic carbocycles. The molecule has 0 aliphatic carbocycles. The van der Waals surface area contributed by atoms with Gasteiger partial charge in [0, 0.05) is 18.0 Å². The molecule has 2 rings (SSSR count). The second kappa shape index (κ2) is 5.95. The average molecular weight is 244 g/mol. The average Bonchev–Trinajstić information content (AvgIpc) is 2.37. The molecule has 0 aliphatic rings. The SMILES string of the molecule is CCCc1cc(=O)[nH]c(NCc2ccccn2)n1. The van der Waals surface area contributed by atoms with Crippen molar-refractivity contribution >= 4 is 5.95 Å². The lowest BCUT2D eigenvalue weighted by atomic mass is 10.2. The number of aromatic amines is 1. The Labute approximate surface area is 105 Å². The van der Waals surface area contributed by atoms with Crippen LogP contribution in [0, 0.1) is 0 Å². The molecule has 2 aromatic rings. The number of aromatic nitrogens is 3. The summed E-state index contributed by atoms with van der Waals surface area (Å²) in [6.45, 7) is 2.60. The van der Waals surface area contributed by atoms with Crippen LogP contribution >= 0.6 is 0 Å². The van der Waals surface area contributed by atoms with Gasteiger partial charge in [0.2, 0.25) is 5.95 Å². The number of rotatable bonds is 5. The Morgan fingerprint density at radius 2 is 2.22 bits per heavy atom. The summed E-state index contributed by atoms with van der Waals surface area (Å²) < 4.78 is 0. The normalized spacial score (nSPS) is 10.3. The van der Waals surface area contributed by atoms with Crippen molar-refractivity contribution in [2.45, 2.75) is 26.3 Å². The van der Waals surface area contributed by atoms with Crippen molar-refractivity contribution in [3.05, 3.63) is 52.2 Å². The van der Waals surface area contributed by atoms with Crippen molar-refractivity contribution in [3.8, 4) is 0 Å². The van der Waals surface area contributed by atoms with Crippen LogP contribution < -0.4 is 10.9 Å². The van der Waals surface area contributed by atoms with Crippen LogP contribution in [-0.2, 0) is 13.0 Å². The minimum absolute atomic E-state index is 0.128. The van der Waals surface area contributed by atoms with Crippen molar-refractivity contribution < 1.29 is 0 Å². The highest BCUT2D eigenvalue weighted by molar-refractivity contribution is 5.26. The standard InChI is InChI=1S/C13H16N4O/c1-2-5-10-8-12(18)17-13(16-10)15-9-11-6-3-4-7-14-11/h3-4,6-8H,2,5,9H2,1H3,(H2,15,16,17,18). The van der Waals surface area contributed by atoms with Gasteiger partial charge in [0.25, 0.3) is 5.56 Å². The fraction of sp³-hybridized carbons (Fsp3) is 0.308. The number of anilines is 1. The van der Waals surface area contributed by atoms with Gasteiger partial charge in [-0.05, 0) is 18.6 Å². The number of nitrogens with zero attached hydrogens (tertiary/aromatic N) is 2. The molecule has 2 aromatic heterocycles. The molecule has 0 atom stereocenters. The summed E-state index contributed by atoms with van der Waals surface area (Å²) in [7, 11) is 0. The first-order valence-electron chi connectivity index (χ1n) is 6.02. The zero-order valence-corrected chi connectivity index (χ0v) is 10.3. The maximum absolute atomic E-state index is 11.4. The van der Waals surface area contributed by atoms with Crippen LogP contribution in [0.2, 0.25) is 0 Å². The molecular formula is C13H16N4O. The predicted molar refractivity (Wildman–Crippen MR) is 70.4 cm³/mol. The van der Waals surface area contributed by atoms with E-state index in [1.165, 1.54) is 6.07 Å². The molecule has 0 amide bonds. The molecule has 0 fully saturated rings. The third kappa shape index (κ3) is 3.41. The molecule has 0 unspecified atom stereocenters. The molecular weight excluding hydrogens is 228 g/mol. The van der Waals surface area contributed by atoms with Crippen LogP contribution in [0.1, 0.15) is 24.7 Å². The van der Waals surface area contributed by atoms with Crippen molar-refractivity contribution in [2.75, 3.05) is 5.32 Å². The zero-order chi connectivity index (χ0) is 12.8. The summed E-state index contributed by atoms with van der Waals surface area (Å²) in [5.41, 5.74) is 1.59. The lowest BCUT2D eigenvalue weighted by molar-refractivity contribution is 0.862. The molecule has 5 nitrogen and oxygen atoms in total. The monoisotopic (exact) mass is 244 g/mol. The Balaban J connectivity index is 2.07. The summed E-state index contributed by atoms with van der Waals surface area (Å²) in [5, 5.41) is 3.07. The van der Waals surface area contributed by atoms with Gasteiger partial charge in [-0.15, -0.1) is 0 Å². The lowest BCUT2D eigenvalue weighted by Crippen LogP contribution is -2.14. The molecule has 0 spiro atoms. The molecule has 0 aliphatic heterocycles. The fourth-order valence-corrected chi connectivity index (χ4v) is 1.65. The Morgan fingerprint density at radius 1 is 1.33 bits per heavy atom. The van der Waals surface area contributed by atoms with Gasteiger partial charge in [-0.3, -0.25) is 14.8 Å². The quantitative estimate of drug-likeness (QED) is 0.840. The van der Waals surface area contributed by atoms with Crippen LogP contribution in [0.15, 0.2) is 35.3 Å². The van der Waals surface area contributed by atoms with E-state index >= 15 is 0 Å². The van der Waals surface area contributed by atoms with Gasteiger partial charge in [-0.2, -0.15) is 0 Å². The predicted octanol–water partition coefficient (Wildman–Crippen LogP) is 1.73. The summed E-state index contributed by atoms with van der Waals surface area (Å²) in [6, 6.07) is 7.25. The first kappa shape index (κ1) is 12.3. The molecule has 0 radical (unpaired) electrons. The third-order valence-corrected chi connectivity index (χ3v) is 2.46. The van der Waals surface area contributed by atoms with Crippen molar-refractivity contribution in [3.63, 3.8) is 0 Å². The number of pyridine rings is 1. The first-order chi connectivity index (χ1) is 8.78. The van der Waals surface area contributed by atoms with E-state index in [0.29, 0.717) is 12.5 Å². The molecule has 2 N–H and O–H groups in total. The Morgan fingerprint density at radius 3 is 2.94 bits per heavy atom. The van der Waals surface area contributed by atoms with Crippen molar-refractivity contribution in [2.24, 2.45) is 0 Å². The van der Waals surface area contributed by atoms with E-state index in [2.05, 4.69) is 27.2 Å². The molecule has 5 heteroatoms.